The molecule has 1 N–H and O–H groups in total. The molecule has 148 valence electrons. The molecule has 0 saturated carbocycles. The Morgan fingerprint density at radius 1 is 1.25 bits per heavy atom. The van der Waals surface area contributed by atoms with E-state index in [1.54, 1.807) is 0 Å². The van der Waals surface area contributed by atoms with Gasteiger partial charge in [0.2, 0.25) is 10.0 Å². The zero-order valence-electron chi connectivity index (χ0n) is 14.5. The number of benzene rings is 2. The standard InChI is InChI=1S/C17H16ClFN4O4S/c18-14-4-3-5-15(19)13(14)11-20-21-16-7-6-12(10-17(16)23(24)25)28(26,27)22-8-1-2-9-22/h3-7,10-11,21H,1-2,8-9H2/b20-11+. The van der Waals surface area contributed by atoms with E-state index in [4.69, 9.17) is 11.6 Å². The van der Waals surface area contributed by atoms with Gasteiger partial charge in [0, 0.05) is 24.7 Å². The van der Waals surface area contributed by atoms with Gasteiger partial charge >= 0.3 is 0 Å². The molecule has 1 aliphatic rings. The summed E-state index contributed by atoms with van der Waals surface area (Å²) < 4.78 is 40.2. The summed E-state index contributed by atoms with van der Waals surface area (Å²) >= 11 is 5.89. The quantitative estimate of drug-likeness (QED) is 0.431. The Balaban J connectivity index is 1.88. The molecule has 0 spiro atoms. The summed E-state index contributed by atoms with van der Waals surface area (Å²) in [6.45, 7) is 0.785. The normalized spacial score (nSPS) is 15.2. The fourth-order valence-electron chi connectivity index (χ4n) is 2.80. The number of nitro benzene ring substituents is 1. The van der Waals surface area contributed by atoms with Crippen molar-refractivity contribution in [3.05, 3.63) is 62.9 Å². The molecule has 1 heterocycles. The lowest BCUT2D eigenvalue weighted by Crippen LogP contribution is -2.27. The van der Waals surface area contributed by atoms with Gasteiger partial charge in [0.1, 0.15) is 11.5 Å². The molecule has 0 radical (unpaired) electrons. The molecule has 2 aromatic rings. The first-order valence-corrected chi connectivity index (χ1v) is 10.1. The Kier molecular flexibility index (Phi) is 5.92. The highest BCUT2D eigenvalue weighted by atomic mass is 35.5. The second-order valence-corrected chi connectivity index (χ2v) is 8.40. The minimum Gasteiger partial charge on any atom is -0.272 e. The monoisotopic (exact) mass is 426 g/mol. The van der Waals surface area contributed by atoms with Crippen molar-refractivity contribution in [3.63, 3.8) is 0 Å². The Morgan fingerprint density at radius 2 is 1.96 bits per heavy atom. The largest absolute Gasteiger partial charge is 0.295 e. The Morgan fingerprint density at radius 3 is 2.61 bits per heavy atom. The summed E-state index contributed by atoms with van der Waals surface area (Å²) in [6, 6.07) is 7.63. The summed E-state index contributed by atoms with van der Waals surface area (Å²) in [7, 11) is -3.79. The molecule has 0 amide bonds. The first kappa shape index (κ1) is 20.2. The van der Waals surface area contributed by atoms with Gasteiger partial charge in [0.15, 0.2) is 0 Å². The topological polar surface area (TPSA) is 105 Å². The molecule has 28 heavy (non-hydrogen) atoms. The summed E-state index contributed by atoms with van der Waals surface area (Å²) in [5.74, 6) is -0.598. The van der Waals surface area contributed by atoms with E-state index in [0.717, 1.165) is 25.1 Å². The number of anilines is 1. The highest BCUT2D eigenvalue weighted by molar-refractivity contribution is 7.89. The third kappa shape index (κ3) is 4.13. The average Bonchev–Trinajstić information content (AvgIpc) is 3.19. The molecule has 0 bridgehead atoms. The minimum atomic E-state index is -3.79. The summed E-state index contributed by atoms with van der Waals surface area (Å²) in [5, 5.41) is 15.3. The van der Waals surface area contributed by atoms with Crippen LogP contribution in [0.3, 0.4) is 0 Å². The number of sulfonamides is 1. The van der Waals surface area contributed by atoms with E-state index in [9.17, 15) is 22.9 Å². The molecule has 0 unspecified atom stereocenters. The van der Waals surface area contributed by atoms with Gasteiger partial charge in [0.05, 0.1) is 21.1 Å². The molecule has 11 heteroatoms. The van der Waals surface area contributed by atoms with Crippen molar-refractivity contribution >= 4 is 39.2 Å². The lowest BCUT2D eigenvalue weighted by molar-refractivity contribution is -0.384. The van der Waals surface area contributed by atoms with Crippen LogP contribution >= 0.6 is 11.6 Å². The van der Waals surface area contributed by atoms with Gasteiger partial charge in [-0.3, -0.25) is 15.5 Å². The Bertz CT molecular complexity index is 1020. The molecule has 1 aliphatic heterocycles. The fourth-order valence-corrected chi connectivity index (χ4v) is 4.54. The second kappa shape index (κ2) is 8.21. The van der Waals surface area contributed by atoms with Crippen molar-refractivity contribution in [1.82, 2.24) is 4.31 Å². The van der Waals surface area contributed by atoms with E-state index >= 15 is 0 Å². The van der Waals surface area contributed by atoms with Crippen LogP contribution in [-0.4, -0.2) is 37.0 Å². The molecular weight excluding hydrogens is 411 g/mol. The number of rotatable bonds is 6. The molecule has 2 aromatic carbocycles. The maximum atomic E-state index is 13.7. The summed E-state index contributed by atoms with van der Waals surface area (Å²) in [5.41, 5.74) is 1.97. The SMILES string of the molecule is O=[N+]([O-])c1cc(S(=O)(=O)N2CCCC2)ccc1N/N=C/c1c(F)cccc1Cl. The van der Waals surface area contributed by atoms with Crippen LogP contribution in [0.4, 0.5) is 15.8 Å². The van der Waals surface area contributed by atoms with Crippen molar-refractivity contribution in [2.45, 2.75) is 17.7 Å². The van der Waals surface area contributed by atoms with Crippen molar-refractivity contribution in [2.75, 3.05) is 18.5 Å². The average molecular weight is 427 g/mol. The number of nitrogens with zero attached hydrogens (tertiary/aromatic N) is 3. The number of nitro groups is 1. The first-order valence-electron chi connectivity index (χ1n) is 8.32. The van der Waals surface area contributed by atoms with Crippen LogP contribution in [0.25, 0.3) is 0 Å². The van der Waals surface area contributed by atoms with E-state index in [-0.39, 0.29) is 21.2 Å². The van der Waals surface area contributed by atoms with Crippen LogP contribution < -0.4 is 5.43 Å². The molecule has 3 rings (SSSR count). The van der Waals surface area contributed by atoms with E-state index in [0.29, 0.717) is 13.1 Å². The van der Waals surface area contributed by atoms with Crippen molar-refractivity contribution in [2.24, 2.45) is 5.10 Å². The molecule has 1 saturated heterocycles. The molecule has 0 atom stereocenters. The van der Waals surface area contributed by atoms with Crippen molar-refractivity contribution < 1.29 is 17.7 Å². The van der Waals surface area contributed by atoms with Gasteiger partial charge in [-0.05, 0) is 37.1 Å². The van der Waals surface area contributed by atoms with Crippen LogP contribution in [0.2, 0.25) is 5.02 Å². The van der Waals surface area contributed by atoms with Gasteiger partial charge in [-0.2, -0.15) is 9.41 Å². The van der Waals surface area contributed by atoms with Gasteiger partial charge in [0.25, 0.3) is 5.69 Å². The van der Waals surface area contributed by atoms with Crippen molar-refractivity contribution in [1.29, 1.82) is 0 Å². The molecule has 1 fully saturated rings. The van der Waals surface area contributed by atoms with E-state index < -0.39 is 26.5 Å². The van der Waals surface area contributed by atoms with Gasteiger partial charge in [-0.1, -0.05) is 17.7 Å². The third-order valence-corrected chi connectivity index (χ3v) is 6.47. The maximum Gasteiger partial charge on any atom is 0.295 e. The van der Waals surface area contributed by atoms with E-state index in [1.165, 1.54) is 34.6 Å². The Hall–Kier alpha value is -2.56. The van der Waals surface area contributed by atoms with E-state index in [1.807, 2.05) is 0 Å². The number of nitrogens with one attached hydrogen (secondary N) is 1. The minimum absolute atomic E-state index is 0.0209. The van der Waals surface area contributed by atoms with Crippen LogP contribution in [0, 0.1) is 15.9 Å². The number of hydrogen-bond donors (Lipinski definition) is 1. The van der Waals surface area contributed by atoms with Gasteiger partial charge in [-0.15, -0.1) is 0 Å². The van der Waals surface area contributed by atoms with Crippen LogP contribution in [0.15, 0.2) is 46.4 Å². The van der Waals surface area contributed by atoms with Crippen molar-refractivity contribution in [3.8, 4) is 0 Å². The smallest absolute Gasteiger partial charge is 0.272 e. The lowest BCUT2D eigenvalue weighted by Gasteiger charge is -2.15. The predicted octanol–water partition coefficient (Wildman–Crippen LogP) is 3.62. The predicted molar refractivity (Wildman–Crippen MR) is 104 cm³/mol. The number of hydrogen-bond acceptors (Lipinski definition) is 6. The van der Waals surface area contributed by atoms with E-state index in [2.05, 4.69) is 10.5 Å². The van der Waals surface area contributed by atoms with Gasteiger partial charge < -0.3 is 0 Å². The highest BCUT2D eigenvalue weighted by Crippen LogP contribution is 2.30. The van der Waals surface area contributed by atoms with Crippen LogP contribution in [-0.2, 0) is 10.0 Å². The molecule has 8 nitrogen and oxygen atoms in total. The first-order chi connectivity index (χ1) is 13.3. The molecule has 0 aromatic heterocycles. The zero-order valence-corrected chi connectivity index (χ0v) is 16.1. The zero-order chi connectivity index (χ0) is 20.3. The van der Waals surface area contributed by atoms with Crippen LogP contribution in [0.1, 0.15) is 18.4 Å². The highest BCUT2D eigenvalue weighted by Gasteiger charge is 2.29. The maximum absolute atomic E-state index is 13.7. The fraction of sp³-hybridized carbons (Fsp3) is 0.235. The van der Waals surface area contributed by atoms with Gasteiger partial charge in [-0.25, -0.2) is 12.8 Å². The number of hydrazone groups is 1. The second-order valence-electron chi connectivity index (χ2n) is 6.05. The number of halogens is 2. The lowest BCUT2D eigenvalue weighted by atomic mass is 10.2. The Labute approximate surface area is 165 Å². The van der Waals surface area contributed by atoms with Crippen LogP contribution in [0.5, 0.6) is 0 Å². The summed E-state index contributed by atoms with van der Waals surface area (Å²) in [6.07, 6.45) is 2.61. The molecule has 0 aliphatic carbocycles. The summed E-state index contributed by atoms with van der Waals surface area (Å²) in [4.78, 5) is 10.5. The molecular formula is C17H16ClFN4O4S. The third-order valence-electron chi connectivity index (χ3n) is 4.25.